The first-order valence-corrected chi connectivity index (χ1v) is 14.3. The number of hydroxylamine groups is 1. The summed E-state index contributed by atoms with van der Waals surface area (Å²) in [6, 6.07) is 18.6. The fraction of sp³-hybridized carbons (Fsp3) is 0.294. The average Bonchev–Trinajstić information content (AvgIpc) is 3.29. The van der Waals surface area contributed by atoms with Crippen molar-refractivity contribution >= 4 is 12.3 Å². The lowest BCUT2D eigenvalue weighted by Crippen LogP contribution is -2.28. The highest BCUT2D eigenvalue weighted by Crippen LogP contribution is 2.36. The molecule has 0 saturated carbocycles. The molecule has 9 heteroatoms. The van der Waals surface area contributed by atoms with Crippen LogP contribution in [-0.4, -0.2) is 39.6 Å². The predicted octanol–water partition coefficient (Wildman–Crippen LogP) is 5.22. The van der Waals surface area contributed by atoms with Gasteiger partial charge in [-0.05, 0) is 62.6 Å². The molecule has 9 nitrogen and oxygen atoms in total. The summed E-state index contributed by atoms with van der Waals surface area (Å²) < 4.78 is 7.71. The van der Waals surface area contributed by atoms with Gasteiger partial charge >= 0.3 is 6.47 Å². The van der Waals surface area contributed by atoms with Crippen LogP contribution in [0.25, 0.3) is 16.8 Å². The van der Waals surface area contributed by atoms with Crippen LogP contribution in [0, 0.1) is 6.92 Å². The Bertz CT molecular complexity index is 1770. The van der Waals surface area contributed by atoms with Crippen LogP contribution in [0.2, 0.25) is 0 Å². The highest BCUT2D eigenvalue weighted by molar-refractivity contribution is 6.04. The lowest BCUT2D eigenvalue weighted by Gasteiger charge is -2.17. The smallest absolute Gasteiger partial charge is 0.320 e. The molecule has 2 heterocycles. The molecule has 2 N–H and O–H groups in total. The van der Waals surface area contributed by atoms with Crippen molar-refractivity contribution < 1.29 is 19.5 Å². The third-order valence-corrected chi connectivity index (χ3v) is 7.56. The zero-order chi connectivity index (χ0) is 30.7. The normalized spacial score (nSPS) is 13.7. The minimum absolute atomic E-state index is 0.0513. The van der Waals surface area contributed by atoms with E-state index in [1.165, 1.54) is 0 Å². The number of aliphatic imine (C=N–C) groups is 1. The van der Waals surface area contributed by atoms with Gasteiger partial charge in [0, 0.05) is 42.1 Å². The zero-order valence-corrected chi connectivity index (χ0v) is 25.1. The van der Waals surface area contributed by atoms with Crippen molar-refractivity contribution in [3.05, 3.63) is 105 Å². The molecular formula is C34H36N4O5. The van der Waals surface area contributed by atoms with Crippen LogP contribution in [-0.2, 0) is 28.9 Å². The number of hydrogen-bond donors (Lipinski definition) is 2. The monoisotopic (exact) mass is 580 g/mol. The summed E-state index contributed by atoms with van der Waals surface area (Å²) in [7, 11) is 1.57. The summed E-state index contributed by atoms with van der Waals surface area (Å²) in [6.45, 7) is 8.31. The highest BCUT2D eigenvalue weighted by atomic mass is 16.7. The molecule has 0 bridgehead atoms. The predicted molar refractivity (Wildman–Crippen MR) is 166 cm³/mol. The number of ether oxygens (including phenoxy) is 1. The van der Waals surface area contributed by atoms with Crippen LogP contribution in [0.4, 0.5) is 0 Å². The molecule has 43 heavy (non-hydrogen) atoms. The molecule has 222 valence electrons. The maximum Gasteiger partial charge on any atom is 0.320 e. The van der Waals surface area contributed by atoms with E-state index in [0.717, 1.165) is 41.1 Å². The second-order valence-electron chi connectivity index (χ2n) is 11.3. The number of carbonyl (C=O) groups is 1. The number of hydrogen-bond acceptors (Lipinski definition) is 7. The number of phenols is 1. The van der Waals surface area contributed by atoms with Crippen molar-refractivity contribution in [3.63, 3.8) is 0 Å². The second-order valence-corrected chi connectivity index (χ2v) is 11.3. The van der Waals surface area contributed by atoms with E-state index in [1.54, 1.807) is 17.7 Å². The lowest BCUT2D eigenvalue weighted by molar-refractivity contribution is -0.132. The number of amidine groups is 1. The lowest BCUT2D eigenvalue weighted by atomic mass is 9.95. The Morgan fingerprint density at radius 1 is 1.16 bits per heavy atom. The third kappa shape index (κ3) is 6.02. The quantitative estimate of drug-likeness (QED) is 0.121. The first-order valence-electron chi connectivity index (χ1n) is 14.3. The summed E-state index contributed by atoms with van der Waals surface area (Å²) in [6.07, 6.45) is 2.59. The van der Waals surface area contributed by atoms with E-state index >= 15 is 0 Å². The minimum atomic E-state index is -0.283. The van der Waals surface area contributed by atoms with Crippen LogP contribution < -0.4 is 15.8 Å². The number of benzene rings is 3. The first-order chi connectivity index (χ1) is 20.7. The number of aromatic hydroxyl groups is 1. The van der Waals surface area contributed by atoms with E-state index in [2.05, 4.69) is 31.2 Å². The average molecular weight is 581 g/mol. The van der Waals surface area contributed by atoms with Crippen molar-refractivity contribution in [2.45, 2.75) is 59.0 Å². The van der Waals surface area contributed by atoms with Gasteiger partial charge in [0.05, 0.1) is 11.4 Å². The first kappa shape index (κ1) is 29.6. The SMILES string of the molecule is CCCc1nc(C)n(-c2ccc3c(c2)CC(C)(C)O3)c(=O)c1Cc1ccc(-c2ccccc2C(=NC)NOC=O)c(O)c1. The van der Waals surface area contributed by atoms with Crippen molar-refractivity contribution in [2.24, 2.45) is 4.99 Å². The number of aromatic nitrogens is 2. The minimum Gasteiger partial charge on any atom is -0.507 e. The maximum absolute atomic E-state index is 14.1. The summed E-state index contributed by atoms with van der Waals surface area (Å²) in [5.74, 6) is 1.86. The zero-order valence-electron chi connectivity index (χ0n) is 25.1. The summed E-state index contributed by atoms with van der Waals surface area (Å²) in [5, 5.41) is 11.2. The summed E-state index contributed by atoms with van der Waals surface area (Å²) in [4.78, 5) is 38.6. The second kappa shape index (κ2) is 12.1. The molecule has 0 spiro atoms. The van der Waals surface area contributed by atoms with Gasteiger partial charge in [-0.25, -0.2) is 10.5 Å². The van der Waals surface area contributed by atoms with Gasteiger partial charge < -0.3 is 14.7 Å². The van der Waals surface area contributed by atoms with Crippen LogP contribution in [0.5, 0.6) is 11.5 Å². The fourth-order valence-electron chi connectivity index (χ4n) is 5.72. The number of carbonyl (C=O) groups excluding carboxylic acids is 1. The topological polar surface area (TPSA) is 115 Å². The maximum atomic E-state index is 14.1. The van der Waals surface area contributed by atoms with Crippen molar-refractivity contribution in [1.82, 2.24) is 15.0 Å². The number of fused-ring (bicyclic) bond motifs is 1. The summed E-state index contributed by atoms with van der Waals surface area (Å²) in [5.41, 5.74) is 8.02. The Morgan fingerprint density at radius 3 is 2.67 bits per heavy atom. The number of aryl methyl sites for hydroxylation is 2. The molecule has 1 aliphatic rings. The largest absolute Gasteiger partial charge is 0.507 e. The Balaban J connectivity index is 1.53. The Labute approximate surface area is 250 Å². The van der Waals surface area contributed by atoms with E-state index in [-0.39, 0.29) is 23.4 Å². The van der Waals surface area contributed by atoms with Gasteiger partial charge in [-0.2, -0.15) is 0 Å². The van der Waals surface area contributed by atoms with Gasteiger partial charge in [-0.15, -0.1) is 0 Å². The number of nitrogens with zero attached hydrogens (tertiary/aromatic N) is 3. The fourth-order valence-corrected chi connectivity index (χ4v) is 5.72. The van der Waals surface area contributed by atoms with E-state index in [9.17, 15) is 14.7 Å². The van der Waals surface area contributed by atoms with Gasteiger partial charge in [-0.3, -0.25) is 19.1 Å². The van der Waals surface area contributed by atoms with Gasteiger partial charge in [0.25, 0.3) is 5.56 Å². The van der Waals surface area contributed by atoms with Gasteiger partial charge in [0.1, 0.15) is 22.9 Å². The molecular weight excluding hydrogens is 544 g/mol. The number of nitrogens with one attached hydrogen (secondary N) is 1. The standard InChI is InChI=1S/C34H36N4O5/c1-6-9-29-28(33(41)38(21(2)36-29)24-13-15-31-23(18-24)19-34(3,4)43-31)16-22-12-14-26(30(40)17-22)25-10-7-8-11-27(25)32(35-5)37-42-20-39/h7-8,10-15,17-18,20,40H,6,9,16,19H2,1-5H3,(H,35,37). The number of phenolic OH excluding ortho intramolecular Hbond substituents is 1. The molecule has 3 aromatic carbocycles. The van der Waals surface area contributed by atoms with Gasteiger partial charge in [0.2, 0.25) is 0 Å². The van der Waals surface area contributed by atoms with Crippen molar-refractivity contribution in [1.29, 1.82) is 0 Å². The Hall–Kier alpha value is -4.92. The van der Waals surface area contributed by atoms with Gasteiger partial charge in [-0.1, -0.05) is 49.7 Å². The third-order valence-electron chi connectivity index (χ3n) is 7.56. The molecule has 1 aromatic heterocycles. The molecule has 4 aromatic rings. The van der Waals surface area contributed by atoms with Crippen LogP contribution >= 0.6 is 0 Å². The molecule has 0 amide bonds. The Kier molecular flexibility index (Phi) is 8.34. The molecule has 0 radical (unpaired) electrons. The van der Waals surface area contributed by atoms with Crippen LogP contribution in [0.1, 0.15) is 61.0 Å². The van der Waals surface area contributed by atoms with E-state index < -0.39 is 0 Å². The summed E-state index contributed by atoms with van der Waals surface area (Å²) >= 11 is 0. The van der Waals surface area contributed by atoms with Crippen molar-refractivity contribution in [2.75, 3.05) is 7.05 Å². The molecule has 0 aliphatic carbocycles. The molecule has 1 aliphatic heterocycles. The molecule has 0 fully saturated rings. The van der Waals surface area contributed by atoms with E-state index in [4.69, 9.17) is 14.6 Å². The highest BCUT2D eigenvalue weighted by Gasteiger charge is 2.30. The van der Waals surface area contributed by atoms with Crippen molar-refractivity contribution in [3.8, 4) is 28.3 Å². The van der Waals surface area contributed by atoms with E-state index in [0.29, 0.717) is 46.8 Å². The van der Waals surface area contributed by atoms with Gasteiger partial charge in [0.15, 0.2) is 5.84 Å². The van der Waals surface area contributed by atoms with E-state index in [1.807, 2.05) is 61.5 Å². The van der Waals surface area contributed by atoms with Crippen LogP contribution in [0.3, 0.4) is 0 Å². The number of rotatable bonds is 9. The Morgan fingerprint density at radius 2 is 1.95 bits per heavy atom. The molecule has 5 rings (SSSR count). The van der Waals surface area contributed by atoms with Crippen LogP contribution in [0.15, 0.2) is 70.5 Å². The molecule has 0 saturated heterocycles. The molecule has 0 unspecified atom stereocenters. The molecule has 0 atom stereocenters.